The number of aromatic nitrogens is 5. The normalized spacial score (nSPS) is 15.5. The molecule has 9 heteroatoms. The average Bonchev–Trinajstić information content (AvgIpc) is 2.68. The molecule has 0 N–H and O–H groups in total. The van der Waals surface area contributed by atoms with Gasteiger partial charge in [0.25, 0.3) is 0 Å². The second-order valence-corrected chi connectivity index (χ2v) is 6.30. The Hall–Kier alpha value is -3.10. The first kappa shape index (κ1) is 16.4. The molecule has 0 unspecified atom stereocenters. The number of fused-ring (bicyclic) bond motifs is 1. The Bertz CT molecular complexity index is 1070. The van der Waals surface area contributed by atoms with Crippen LogP contribution in [0.25, 0.3) is 11.2 Å². The standard InChI is InChI=1S/C17H17FN6O2/c1-22-13-9-11(18)10-21-14(13)24(16(26)15(22)25)12-3-7-23(8-4-12)17-19-5-2-6-20-17/h2,5-6,9-10,12H,3-4,7-8H2,1H3. The fourth-order valence-corrected chi connectivity index (χ4v) is 3.42. The molecular weight excluding hydrogens is 339 g/mol. The number of hydrogen-bond acceptors (Lipinski definition) is 6. The van der Waals surface area contributed by atoms with Crippen LogP contribution in [0.1, 0.15) is 18.9 Å². The highest BCUT2D eigenvalue weighted by Crippen LogP contribution is 2.25. The highest BCUT2D eigenvalue weighted by atomic mass is 19.1. The molecular formula is C17H17FN6O2. The van der Waals surface area contributed by atoms with Crippen molar-refractivity contribution in [3.8, 4) is 0 Å². The van der Waals surface area contributed by atoms with E-state index in [9.17, 15) is 14.0 Å². The van der Waals surface area contributed by atoms with E-state index in [1.165, 1.54) is 17.7 Å². The molecule has 26 heavy (non-hydrogen) atoms. The molecule has 1 aliphatic rings. The summed E-state index contributed by atoms with van der Waals surface area (Å²) in [7, 11) is 1.45. The monoisotopic (exact) mass is 356 g/mol. The molecule has 3 aromatic heterocycles. The van der Waals surface area contributed by atoms with E-state index in [1.54, 1.807) is 18.5 Å². The molecule has 0 aromatic carbocycles. The van der Waals surface area contributed by atoms with Crippen molar-refractivity contribution < 1.29 is 4.39 Å². The predicted molar refractivity (Wildman–Crippen MR) is 93.7 cm³/mol. The number of halogens is 1. The van der Waals surface area contributed by atoms with Gasteiger partial charge in [-0.3, -0.25) is 14.2 Å². The topological polar surface area (TPSA) is 85.9 Å². The zero-order valence-electron chi connectivity index (χ0n) is 14.2. The summed E-state index contributed by atoms with van der Waals surface area (Å²) in [5.74, 6) is 0.0982. The minimum atomic E-state index is -0.682. The molecule has 0 aliphatic carbocycles. The number of piperidine rings is 1. The smallest absolute Gasteiger partial charge is 0.318 e. The average molecular weight is 356 g/mol. The van der Waals surface area contributed by atoms with Gasteiger partial charge in [-0.15, -0.1) is 0 Å². The van der Waals surface area contributed by atoms with Gasteiger partial charge in [-0.25, -0.2) is 19.3 Å². The van der Waals surface area contributed by atoms with Crippen molar-refractivity contribution >= 4 is 17.1 Å². The van der Waals surface area contributed by atoms with E-state index >= 15 is 0 Å². The van der Waals surface area contributed by atoms with E-state index in [4.69, 9.17) is 0 Å². The van der Waals surface area contributed by atoms with Crippen LogP contribution in [0.2, 0.25) is 0 Å². The quantitative estimate of drug-likeness (QED) is 0.633. The molecule has 0 amide bonds. The third-order valence-electron chi connectivity index (χ3n) is 4.77. The number of nitrogens with zero attached hydrogens (tertiary/aromatic N) is 6. The molecule has 0 atom stereocenters. The Morgan fingerprint density at radius 1 is 1.08 bits per heavy atom. The van der Waals surface area contributed by atoms with Crippen LogP contribution in [0.4, 0.5) is 10.3 Å². The molecule has 0 saturated carbocycles. The molecule has 1 fully saturated rings. The lowest BCUT2D eigenvalue weighted by Gasteiger charge is -2.33. The molecule has 3 aromatic rings. The molecule has 4 rings (SSSR count). The van der Waals surface area contributed by atoms with Crippen LogP contribution in [0.5, 0.6) is 0 Å². The molecule has 4 heterocycles. The first-order valence-electron chi connectivity index (χ1n) is 8.35. The lowest BCUT2D eigenvalue weighted by atomic mass is 10.0. The minimum Gasteiger partial charge on any atom is -0.341 e. The maximum absolute atomic E-state index is 13.6. The van der Waals surface area contributed by atoms with Crippen LogP contribution in [0.3, 0.4) is 0 Å². The Balaban J connectivity index is 1.72. The zero-order chi connectivity index (χ0) is 18.3. The largest absolute Gasteiger partial charge is 0.341 e. The molecule has 0 spiro atoms. The van der Waals surface area contributed by atoms with Gasteiger partial charge in [0.2, 0.25) is 5.95 Å². The number of aryl methyl sites for hydroxylation is 1. The third kappa shape index (κ3) is 2.65. The summed E-state index contributed by atoms with van der Waals surface area (Å²) in [5, 5.41) is 0. The van der Waals surface area contributed by atoms with Crippen LogP contribution < -0.4 is 16.0 Å². The van der Waals surface area contributed by atoms with Gasteiger partial charge in [0.15, 0.2) is 5.65 Å². The van der Waals surface area contributed by atoms with Crippen molar-refractivity contribution in [2.45, 2.75) is 18.9 Å². The summed E-state index contributed by atoms with van der Waals surface area (Å²) >= 11 is 0. The summed E-state index contributed by atoms with van der Waals surface area (Å²) in [6.07, 6.45) is 5.71. The van der Waals surface area contributed by atoms with Gasteiger partial charge < -0.3 is 9.47 Å². The third-order valence-corrected chi connectivity index (χ3v) is 4.77. The SMILES string of the molecule is Cn1c(=O)c(=O)n(C2CCN(c3ncccn3)CC2)c2ncc(F)cc21. The van der Waals surface area contributed by atoms with E-state index in [0.717, 1.165) is 10.8 Å². The fourth-order valence-electron chi connectivity index (χ4n) is 3.42. The second kappa shape index (κ2) is 6.32. The predicted octanol–water partition coefficient (Wildman–Crippen LogP) is 0.866. The molecule has 8 nitrogen and oxygen atoms in total. The molecule has 134 valence electrons. The van der Waals surface area contributed by atoms with Crippen LogP contribution >= 0.6 is 0 Å². The van der Waals surface area contributed by atoms with Crippen molar-refractivity contribution in [3.63, 3.8) is 0 Å². The van der Waals surface area contributed by atoms with E-state index in [0.29, 0.717) is 43.0 Å². The second-order valence-electron chi connectivity index (χ2n) is 6.30. The Morgan fingerprint density at radius 2 is 1.77 bits per heavy atom. The molecule has 1 saturated heterocycles. The number of anilines is 1. The van der Waals surface area contributed by atoms with Crippen LogP contribution in [-0.2, 0) is 7.05 Å². The summed E-state index contributed by atoms with van der Waals surface area (Å²) in [6.45, 7) is 1.30. The number of hydrogen-bond donors (Lipinski definition) is 0. The number of rotatable bonds is 2. The highest BCUT2D eigenvalue weighted by molar-refractivity contribution is 5.70. The summed E-state index contributed by atoms with van der Waals surface area (Å²) < 4.78 is 16.1. The molecule has 0 radical (unpaired) electrons. The van der Waals surface area contributed by atoms with E-state index < -0.39 is 16.9 Å². The lowest BCUT2D eigenvalue weighted by molar-refractivity contribution is 0.389. The van der Waals surface area contributed by atoms with Crippen molar-refractivity contribution in [2.75, 3.05) is 18.0 Å². The van der Waals surface area contributed by atoms with Crippen LogP contribution in [0.15, 0.2) is 40.3 Å². The first-order valence-corrected chi connectivity index (χ1v) is 8.35. The summed E-state index contributed by atoms with van der Waals surface area (Å²) in [4.78, 5) is 39.5. The van der Waals surface area contributed by atoms with Gasteiger partial charge in [-0.2, -0.15) is 0 Å². The van der Waals surface area contributed by atoms with Gasteiger partial charge >= 0.3 is 11.1 Å². The fraction of sp³-hybridized carbons (Fsp3) is 0.353. The maximum atomic E-state index is 13.6. The van der Waals surface area contributed by atoms with Gasteiger partial charge in [-0.1, -0.05) is 0 Å². The Kier molecular flexibility index (Phi) is 3.98. The Labute approximate surface area is 147 Å². The van der Waals surface area contributed by atoms with E-state index in [-0.39, 0.29) is 6.04 Å². The number of pyridine rings is 1. The van der Waals surface area contributed by atoms with Gasteiger partial charge in [0.05, 0.1) is 11.7 Å². The van der Waals surface area contributed by atoms with Crippen molar-refractivity contribution in [3.05, 3.63) is 57.2 Å². The van der Waals surface area contributed by atoms with Gasteiger partial charge in [0.1, 0.15) is 5.82 Å². The maximum Gasteiger partial charge on any atom is 0.318 e. The van der Waals surface area contributed by atoms with Gasteiger partial charge in [0, 0.05) is 44.6 Å². The molecule has 0 bridgehead atoms. The highest BCUT2D eigenvalue weighted by Gasteiger charge is 2.26. The summed E-state index contributed by atoms with van der Waals surface area (Å²) in [6, 6.07) is 2.80. The van der Waals surface area contributed by atoms with Crippen LogP contribution in [-0.4, -0.2) is 37.2 Å². The summed E-state index contributed by atoms with van der Waals surface area (Å²) in [5.41, 5.74) is -0.677. The van der Waals surface area contributed by atoms with E-state index in [1.807, 2.05) is 4.90 Å². The van der Waals surface area contributed by atoms with Gasteiger partial charge in [-0.05, 0) is 18.9 Å². The lowest BCUT2D eigenvalue weighted by Crippen LogP contribution is -2.45. The van der Waals surface area contributed by atoms with E-state index in [2.05, 4.69) is 15.0 Å². The van der Waals surface area contributed by atoms with Crippen LogP contribution in [0, 0.1) is 5.82 Å². The van der Waals surface area contributed by atoms with Crippen molar-refractivity contribution in [2.24, 2.45) is 7.05 Å². The Morgan fingerprint density at radius 3 is 2.46 bits per heavy atom. The van der Waals surface area contributed by atoms with Crippen molar-refractivity contribution in [1.29, 1.82) is 0 Å². The zero-order valence-corrected chi connectivity index (χ0v) is 14.2. The van der Waals surface area contributed by atoms with Crippen molar-refractivity contribution in [1.82, 2.24) is 24.1 Å². The minimum absolute atomic E-state index is 0.183. The first-order chi connectivity index (χ1) is 12.6. The molecule has 1 aliphatic heterocycles.